The Morgan fingerprint density at radius 2 is 0.571 bits per heavy atom. The molecule has 0 amide bonds. The van der Waals surface area contributed by atoms with Crippen LogP contribution in [0.1, 0.15) is 143 Å². The van der Waals surface area contributed by atoms with E-state index < -0.39 is 7.26 Å². The molecule has 0 aromatic heterocycles. The minimum Gasteiger partial charge on any atom is -0.147 e. The predicted octanol–water partition coefficient (Wildman–Crippen LogP) is 10.5. The highest BCUT2D eigenvalue weighted by molar-refractivity contribution is 7.75. The van der Waals surface area contributed by atoms with E-state index in [1.54, 1.807) is 31.1 Å². The highest BCUT2D eigenvalue weighted by Gasteiger charge is 2.24. The van der Waals surface area contributed by atoms with Gasteiger partial charge in [0.1, 0.15) is 0 Å². The first kappa shape index (κ1) is 30.9. The molecule has 1 radical (unpaired) electrons. The minimum atomic E-state index is -0.626. The molecule has 0 aliphatic rings. The number of unbranched alkanes of at least 4 members (excludes halogenated alkanes) is 14. The van der Waals surface area contributed by atoms with Crippen LogP contribution >= 0.6 is 19.7 Å². The second-order valence-electron chi connectivity index (χ2n) is 9.19. The highest BCUT2D eigenvalue weighted by atomic mass is 35.5. The zero-order valence-corrected chi connectivity index (χ0v) is 22.1. The van der Waals surface area contributed by atoms with Gasteiger partial charge in [-0.3, -0.25) is 0 Å². The van der Waals surface area contributed by atoms with Crippen LogP contribution < -0.4 is 0 Å². The Morgan fingerprint density at radius 1 is 0.321 bits per heavy atom. The quantitative estimate of drug-likeness (QED) is 0.117. The lowest BCUT2D eigenvalue weighted by molar-refractivity contribution is 0.548. The van der Waals surface area contributed by atoms with Crippen molar-refractivity contribution in [3.63, 3.8) is 0 Å². The monoisotopic (exact) mass is 435 g/mol. The van der Waals surface area contributed by atoms with Crippen molar-refractivity contribution >= 4 is 19.7 Å². The molecule has 28 heavy (non-hydrogen) atoms. The Kier molecular flexibility index (Phi) is 26.5. The molecule has 0 rings (SSSR count). The summed E-state index contributed by atoms with van der Waals surface area (Å²) in [6.07, 6.45) is 33.0. The summed E-state index contributed by atoms with van der Waals surface area (Å²) in [5, 5.41) is 0. The molecule has 173 valence electrons. The van der Waals surface area contributed by atoms with Crippen LogP contribution in [0.2, 0.25) is 0 Å². The summed E-state index contributed by atoms with van der Waals surface area (Å²) < 4.78 is 0. The van der Waals surface area contributed by atoms with Crippen LogP contribution in [-0.2, 0) is 0 Å². The van der Waals surface area contributed by atoms with Crippen LogP contribution in [0.4, 0.5) is 0 Å². The van der Waals surface area contributed by atoms with E-state index in [-0.39, 0.29) is 12.4 Å². The second kappa shape index (κ2) is 24.0. The van der Waals surface area contributed by atoms with Gasteiger partial charge in [0, 0.05) is 0 Å². The van der Waals surface area contributed by atoms with Gasteiger partial charge in [0.2, 0.25) is 0 Å². The largest absolute Gasteiger partial charge is 0.147 e. The maximum absolute atomic E-state index is 2.39. The molecule has 0 fully saturated rings. The lowest BCUT2D eigenvalue weighted by Crippen LogP contribution is -2.13. The Morgan fingerprint density at radius 3 is 0.893 bits per heavy atom. The lowest BCUT2D eigenvalue weighted by Gasteiger charge is -2.37. The first-order valence-electron chi connectivity index (χ1n) is 13.1. The van der Waals surface area contributed by atoms with Crippen molar-refractivity contribution in [1.29, 1.82) is 0 Å². The molecular formula is C26H57ClP. The molecule has 0 aromatic rings. The smallest absolute Gasteiger partial charge is 0.0359 e. The Bertz CT molecular complexity index is 258. The third-order valence-electron chi connectivity index (χ3n) is 6.44. The molecule has 0 atom stereocenters. The van der Waals surface area contributed by atoms with E-state index in [9.17, 15) is 0 Å². The van der Waals surface area contributed by atoms with Gasteiger partial charge in [-0.05, 0) is 50.3 Å². The van der Waals surface area contributed by atoms with Gasteiger partial charge in [-0.2, -0.15) is 0 Å². The van der Waals surface area contributed by atoms with Gasteiger partial charge in [0.15, 0.2) is 0 Å². The molecule has 0 bridgehead atoms. The molecule has 0 spiro atoms. The van der Waals surface area contributed by atoms with Crippen molar-refractivity contribution in [3.05, 3.63) is 0 Å². The van der Waals surface area contributed by atoms with E-state index in [4.69, 9.17) is 0 Å². The molecule has 0 nitrogen and oxygen atoms in total. The molecule has 0 aliphatic carbocycles. The van der Waals surface area contributed by atoms with Crippen LogP contribution in [0.15, 0.2) is 0 Å². The summed E-state index contributed by atoms with van der Waals surface area (Å²) in [5.74, 6) is 0. The SMILES string of the molecule is CCCCCCCCCCCCCC[P](CCCC)(CCCC)CCCC.Cl. The van der Waals surface area contributed by atoms with Crippen molar-refractivity contribution in [3.8, 4) is 0 Å². The zero-order chi connectivity index (χ0) is 20.1. The Hall–Kier alpha value is 0.720. The molecule has 0 heterocycles. The van der Waals surface area contributed by atoms with Gasteiger partial charge in [-0.1, -0.05) is 118 Å². The summed E-state index contributed by atoms with van der Waals surface area (Å²) in [7, 11) is -0.626. The van der Waals surface area contributed by atoms with Crippen molar-refractivity contribution in [2.45, 2.75) is 143 Å². The molecule has 0 saturated heterocycles. The Labute approximate surface area is 187 Å². The molecule has 0 aliphatic heterocycles. The zero-order valence-electron chi connectivity index (χ0n) is 20.4. The van der Waals surface area contributed by atoms with Gasteiger partial charge in [0.25, 0.3) is 0 Å². The van der Waals surface area contributed by atoms with Crippen molar-refractivity contribution < 1.29 is 0 Å². The normalized spacial score (nSPS) is 11.6. The van der Waals surface area contributed by atoms with Gasteiger partial charge in [-0.15, -0.1) is 19.7 Å². The summed E-state index contributed by atoms with van der Waals surface area (Å²) >= 11 is 0. The Balaban J connectivity index is 0. The fraction of sp³-hybridized carbons (Fsp3) is 1.00. The summed E-state index contributed by atoms with van der Waals surface area (Å²) in [6, 6.07) is 0. The minimum absolute atomic E-state index is 0. The van der Waals surface area contributed by atoms with Gasteiger partial charge < -0.3 is 0 Å². The fourth-order valence-electron chi connectivity index (χ4n) is 4.44. The van der Waals surface area contributed by atoms with Crippen LogP contribution in [0, 0.1) is 0 Å². The standard InChI is InChI=1S/C26H56P.ClH/c1-5-9-13-14-15-16-17-18-19-20-21-22-26-27(23-10-6-2,24-11-7-3)25-12-8-4;/h5-26H2,1-4H3;1H. The van der Waals surface area contributed by atoms with Crippen molar-refractivity contribution in [2.24, 2.45) is 0 Å². The maximum atomic E-state index is 2.39. The summed E-state index contributed by atoms with van der Waals surface area (Å²) in [4.78, 5) is 0. The van der Waals surface area contributed by atoms with E-state index >= 15 is 0 Å². The van der Waals surface area contributed by atoms with Gasteiger partial charge in [-0.25, -0.2) is 0 Å². The molecular weight excluding hydrogens is 379 g/mol. The van der Waals surface area contributed by atoms with Crippen LogP contribution in [-0.4, -0.2) is 24.6 Å². The molecule has 0 aromatic carbocycles. The van der Waals surface area contributed by atoms with Gasteiger partial charge in [0.05, 0.1) is 0 Å². The van der Waals surface area contributed by atoms with E-state index in [0.29, 0.717) is 0 Å². The van der Waals surface area contributed by atoms with Crippen LogP contribution in [0.25, 0.3) is 0 Å². The van der Waals surface area contributed by atoms with E-state index in [2.05, 4.69) is 27.7 Å². The lowest BCUT2D eigenvalue weighted by atomic mass is 10.1. The average Bonchev–Trinajstić information content (AvgIpc) is 2.69. The molecule has 0 N–H and O–H groups in total. The van der Waals surface area contributed by atoms with Crippen LogP contribution in [0.3, 0.4) is 0 Å². The van der Waals surface area contributed by atoms with Crippen LogP contribution in [0.5, 0.6) is 0 Å². The fourth-order valence-corrected chi connectivity index (χ4v) is 9.64. The summed E-state index contributed by atoms with van der Waals surface area (Å²) in [5.41, 5.74) is 0. The second-order valence-corrected chi connectivity index (χ2v) is 13.7. The first-order chi connectivity index (χ1) is 13.2. The maximum Gasteiger partial charge on any atom is -0.0359 e. The number of halogens is 1. The average molecular weight is 436 g/mol. The number of rotatable bonds is 22. The molecule has 2 heteroatoms. The summed E-state index contributed by atoms with van der Waals surface area (Å²) in [6.45, 7) is 9.47. The predicted molar refractivity (Wildman–Crippen MR) is 139 cm³/mol. The first-order valence-corrected chi connectivity index (χ1v) is 15.6. The third kappa shape index (κ3) is 18.7. The molecule has 0 unspecified atom stereocenters. The van der Waals surface area contributed by atoms with Gasteiger partial charge >= 0.3 is 0 Å². The highest BCUT2D eigenvalue weighted by Crippen LogP contribution is 2.61. The number of hydrogen-bond acceptors (Lipinski definition) is 0. The van der Waals surface area contributed by atoms with E-state index in [1.807, 2.05) is 0 Å². The van der Waals surface area contributed by atoms with E-state index in [1.165, 1.54) is 109 Å². The van der Waals surface area contributed by atoms with Crippen molar-refractivity contribution in [1.82, 2.24) is 0 Å². The van der Waals surface area contributed by atoms with Crippen molar-refractivity contribution in [2.75, 3.05) is 24.6 Å². The molecule has 0 saturated carbocycles. The third-order valence-corrected chi connectivity index (χ3v) is 11.5. The topological polar surface area (TPSA) is 0 Å². The van der Waals surface area contributed by atoms with E-state index in [0.717, 1.165) is 0 Å². The number of hydrogen-bond donors (Lipinski definition) is 0.